The molecule has 0 spiro atoms. The van der Waals surface area contributed by atoms with E-state index in [0.29, 0.717) is 23.7 Å². The molecule has 0 aliphatic carbocycles. The number of hydrogen-bond donors (Lipinski definition) is 0. The first kappa shape index (κ1) is 19.2. The second-order valence-corrected chi connectivity index (χ2v) is 8.50. The number of fused-ring (bicyclic) bond motifs is 3. The molecule has 0 radical (unpaired) electrons. The summed E-state index contributed by atoms with van der Waals surface area (Å²) >= 11 is 12.1. The van der Waals surface area contributed by atoms with Gasteiger partial charge in [0.1, 0.15) is 0 Å². The molecule has 0 saturated carbocycles. The van der Waals surface area contributed by atoms with Gasteiger partial charge in [-0.3, -0.25) is 9.78 Å². The Hall–Kier alpha value is -2.76. The Morgan fingerprint density at radius 2 is 1.83 bits per heavy atom. The van der Waals surface area contributed by atoms with Crippen LogP contribution in [0.3, 0.4) is 0 Å². The summed E-state index contributed by atoms with van der Waals surface area (Å²) in [5.41, 5.74) is 3.04. The second-order valence-electron chi connectivity index (χ2n) is 7.59. The smallest absolute Gasteiger partial charge is 0.256 e. The number of aromatic nitrogens is 1. The first-order valence-electron chi connectivity index (χ1n) is 9.99. The maximum atomic E-state index is 13.3. The van der Waals surface area contributed by atoms with Crippen LogP contribution in [-0.4, -0.2) is 38.8 Å². The monoisotopic (exact) mass is 433 g/mol. The van der Waals surface area contributed by atoms with Crippen LogP contribution < -0.4 is 0 Å². The van der Waals surface area contributed by atoms with Crippen molar-refractivity contribution in [3.05, 3.63) is 100 Å². The van der Waals surface area contributed by atoms with Crippen molar-refractivity contribution in [3.63, 3.8) is 0 Å². The van der Waals surface area contributed by atoms with E-state index in [1.54, 1.807) is 18.5 Å². The Kier molecular flexibility index (Phi) is 4.80. The zero-order valence-electron chi connectivity index (χ0n) is 16.3. The van der Waals surface area contributed by atoms with E-state index in [1.807, 2.05) is 47.4 Å². The van der Waals surface area contributed by atoms with Crippen molar-refractivity contribution in [1.29, 1.82) is 0 Å². The molecular formula is C24H20ClN3OS. The second kappa shape index (κ2) is 7.49. The van der Waals surface area contributed by atoms with Gasteiger partial charge < -0.3 is 9.80 Å². The zero-order valence-corrected chi connectivity index (χ0v) is 17.9. The van der Waals surface area contributed by atoms with Crippen molar-refractivity contribution >= 4 is 34.7 Å². The van der Waals surface area contributed by atoms with E-state index < -0.39 is 5.66 Å². The lowest BCUT2D eigenvalue weighted by atomic mass is 9.91. The zero-order chi connectivity index (χ0) is 20.7. The molecule has 2 aliphatic rings. The van der Waals surface area contributed by atoms with Gasteiger partial charge in [-0.15, -0.1) is 0 Å². The minimum absolute atomic E-state index is 0.0238. The van der Waals surface area contributed by atoms with Crippen molar-refractivity contribution in [2.24, 2.45) is 0 Å². The number of benzene rings is 2. The van der Waals surface area contributed by atoms with E-state index in [-0.39, 0.29) is 5.91 Å². The fourth-order valence-corrected chi connectivity index (χ4v) is 5.15. The summed E-state index contributed by atoms with van der Waals surface area (Å²) in [6, 6.07) is 19.9. The lowest BCUT2D eigenvalue weighted by Crippen LogP contribution is -2.51. The van der Waals surface area contributed by atoms with Gasteiger partial charge in [0.15, 0.2) is 5.66 Å². The summed E-state index contributed by atoms with van der Waals surface area (Å²) in [6.45, 7) is 1.30. The SMILES string of the molecule is O=C1c2ccncc2C2(c3ccc(Cl)cc3)N1CCN2C(=S)CCc1ccccc1. The quantitative estimate of drug-likeness (QED) is 0.560. The average molecular weight is 434 g/mol. The molecule has 1 aromatic heterocycles. The normalized spacial score (nSPS) is 19.7. The number of halogens is 1. The largest absolute Gasteiger partial charge is 0.334 e. The van der Waals surface area contributed by atoms with Crippen LogP contribution in [0, 0.1) is 0 Å². The van der Waals surface area contributed by atoms with E-state index in [4.69, 9.17) is 23.8 Å². The fourth-order valence-electron chi connectivity index (χ4n) is 4.70. The minimum Gasteiger partial charge on any atom is -0.334 e. The van der Waals surface area contributed by atoms with Gasteiger partial charge in [-0.1, -0.05) is 66.3 Å². The van der Waals surface area contributed by atoms with Gasteiger partial charge in [0.05, 0.1) is 10.6 Å². The Labute approximate surface area is 186 Å². The molecule has 1 amide bonds. The highest BCUT2D eigenvalue weighted by molar-refractivity contribution is 7.80. The van der Waals surface area contributed by atoms with Crippen molar-refractivity contribution in [2.45, 2.75) is 18.5 Å². The topological polar surface area (TPSA) is 36.4 Å². The van der Waals surface area contributed by atoms with E-state index >= 15 is 0 Å². The summed E-state index contributed by atoms with van der Waals surface area (Å²) in [4.78, 5) is 22.6. The molecule has 30 heavy (non-hydrogen) atoms. The van der Waals surface area contributed by atoms with Crippen LogP contribution in [0.15, 0.2) is 73.1 Å². The van der Waals surface area contributed by atoms with Crippen LogP contribution in [0.4, 0.5) is 0 Å². The Bertz CT molecular complexity index is 1120. The van der Waals surface area contributed by atoms with Gasteiger partial charge in [0.25, 0.3) is 5.91 Å². The molecule has 5 rings (SSSR count). The molecule has 1 saturated heterocycles. The number of carbonyl (C=O) groups excluding carboxylic acids is 1. The highest BCUT2D eigenvalue weighted by Crippen LogP contribution is 2.49. The van der Waals surface area contributed by atoms with E-state index in [9.17, 15) is 4.79 Å². The van der Waals surface area contributed by atoms with Crippen molar-refractivity contribution in [3.8, 4) is 0 Å². The van der Waals surface area contributed by atoms with Crippen LogP contribution in [0.5, 0.6) is 0 Å². The van der Waals surface area contributed by atoms with Crippen LogP contribution in [-0.2, 0) is 12.1 Å². The third-order valence-electron chi connectivity index (χ3n) is 6.02. The predicted molar refractivity (Wildman–Crippen MR) is 122 cm³/mol. The van der Waals surface area contributed by atoms with Crippen LogP contribution in [0.25, 0.3) is 0 Å². The molecule has 3 aromatic rings. The number of carbonyl (C=O) groups is 1. The summed E-state index contributed by atoms with van der Waals surface area (Å²) in [5.74, 6) is 0.0238. The minimum atomic E-state index is -0.765. The molecular weight excluding hydrogens is 414 g/mol. The van der Waals surface area contributed by atoms with E-state index in [0.717, 1.165) is 29.0 Å². The molecule has 1 fully saturated rings. The fraction of sp³-hybridized carbons (Fsp3) is 0.208. The Morgan fingerprint density at radius 3 is 2.60 bits per heavy atom. The van der Waals surface area contributed by atoms with Crippen LogP contribution in [0.2, 0.25) is 5.02 Å². The van der Waals surface area contributed by atoms with Gasteiger partial charge in [0.2, 0.25) is 0 Å². The molecule has 4 nitrogen and oxygen atoms in total. The highest BCUT2D eigenvalue weighted by Gasteiger charge is 2.58. The molecule has 6 heteroatoms. The molecule has 150 valence electrons. The maximum absolute atomic E-state index is 13.3. The summed E-state index contributed by atoms with van der Waals surface area (Å²) in [7, 11) is 0. The molecule has 2 aromatic carbocycles. The Balaban J connectivity index is 1.58. The first-order chi connectivity index (χ1) is 14.6. The molecule has 1 unspecified atom stereocenters. The lowest BCUT2D eigenvalue weighted by molar-refractivity contribution is 0.0601. The van der Waals surface area contributed by atoms with Crippen LogP contribution in [0.1, 0.15) is 33.5 Å². The van der Waals surface area contributed by atoms with Gasteiger partial charge in [-0.05, 0) is 30.2 Å². The number of amides is 1. The third kappa shape index (κ3) is 2.84. The van der Waals surface area contributed by atoms with Crippen molar-refractivity contribution in [2.75, 3.05) is 13.1 Å². The van der Waals surface area contributed by atoms with Crippen molar-refractivity contribution in [1.82, 2.24) is 14.8 Å². The first-order valence-corrected chi connectivity index (χ1v) is 10.8. The maximum Gasteiger partial charge on any atom is 0.256 e. The number of rotatable bonds is 4. The number of hydrogen-bond acceptors (Lipinski definition) is 3. The van der Waals surface area contributed by atoms with Crippen LogP contribution >= 0.6 is 23.8 Å². The number of aryl methyl sites for hydroxylation is 1. The van der Waals surface area contributed by atoms with Gasteiger partial charge in [-0.2, -0.15) is 0 Å². The summed E-state index contributed by atoms with van der Waals surface area (Å²) < 4.78 is 0. The molecule has 0 bridgehead atoms. The van der Waals surface area contributed by atoms with E-state index in [1.165, 1.54) is 5.56 Å². The summed E-state index contributed by atoms with van der Waals surface area (Å²) in [5, 5.41) is 0.661. The molecule has 1 atom stereocenters. The Morgan fingerprint density at radius 1 is 1.07 bits per heavy atom. The lowest BCUT2D eigenvalue weighted by Gasteiger charge is -2.41. The van der Waals surface area contributed by atoms with Crippen molar-refractivity contribution < 1.29 is 4.79 Å². The van der Waals surface area contributed by atoms with Gasteiger partial charge in [0, 0.05) is 48.1 Å². The molecule has 3 heterocycles. The average Bonchev–Trinajstić information content (AvgIpc) is 3.29. The number of nitrogens with zero attached hydrogens (tertiary/aromatic N) is 3. The summed E-state index contributed by atoms with van der Waals surface area (Å²) in [6.07, 6.45) is 5.08. The standard InChI is InChI=1S/C24H20ClN3OS/c25-19-9-7-18(8-10-19)24-21-16-26-13-12-20(21)23(29)28(24)15-14-27(24)22(30)11-6-17-4-2-1-3-5-17/h1-5,7-10,12-13,16H,6,11,14-15H2. The number of pyridine rings is 1. The highest BCUT2D eigenvalue weighted by atomic mass is 35.5. The molecule has 2 aliphatic heterocycles. The van der Waals surface area contributed by atoms with Gasteiger partial charge in [-0.25, -0.2) is 0 Å². The molecule has 0 N–H and O–H groups in total. The number of thiocarbonyl (C=S) groups is 1. The van der Waals surface area contributed by atoms with Gasteiger partial charge >= 0.3 is 0 Å². The predicted octanol–water partition coefficient (Wildman–Crippen LogP) is 4.67. The van der Waals surface area contributed by atoms with E-state index in [2.05, 4.69) is 22.0 Å². The third-order valence-corrected chi connectivity index (χ3v) is 6.70.